The minimum atomic E-state index is -4.45. The Morgan fingerprint density at radius 2 is 1.94 bits per heavy atom. The molecule has 1 aliphatic heterocycles. The van der Waals surface area contributed by atoms with E-state index in [0.29, 0.717) is 35.2 Å². The Labute approximate surface area is 194 Å². The first-order chi connectivity index (χ1) is 15.5. The van der Waals surface area contributed by atoms with Crippen molar-refractivity contribution in [2.45, 2.75) is 39.4 Å². The molecule has 3 aromatic rings. The molecule has 33 heavy (non-hydrogen) atoms. The molecule has 6 nitrogen and oxygen atoms in total. The van der Waals surface area contributed by atoms with Crippen molar-refractivity contribution in [2.75, 3.05) is 28.7 Å². The Hall–Kier alpha value is -3.14. The first-order valence-electron chi connectivity index (χ1n) is 10.5. The van der Waals surface area contributed by atoms with Gasteiger partial charge >= 0.3 is 12.2 Å². The zero-order valence-corrected chi connectivity index (χ0v) is 19.5. The molecule has 10 heteroatoms. The third kappa shape index (κ3) is 4.66. The number of carbonyl (C=O) groups excluding carboxylic acids is 1. The van der Waals surface area contributed by atoms with Gasteiger partial charge in [0, 0.05) is 30.1 Å². The second-order valence-corrected chi connectivity index (χ2v) is 9.34. The Kier molecular flexibility index (Phi) is 6.04. The fraction of sp³-hybridized carbons (Fsp3) is 0.348. The van der Waals surface area contributed by atoms with Gasteiger partial charge in [0.05, 0.1) is 22.6 Å². The topological polar surface area (TPSA) is 61.4 Å². The second-order valence-electron chi connectivity index (χ2n) is 8.14. The van der Waals surface area contributed by atoms with Gasteiger partial charge in [0.25, 0.3) is 0 Å². The Bertz CT molecular complexity index is 1170. The predicted molar refractivity (Wildman–Crippen MR) is 125 cm³/mol. The molecule has 174 valence electrons. The molecule has 0 radical (unpaired) electrons. The molecule has 2 aromatic heterocycles. The van der Waals surface area contributed by atoms with Gasteiger partial charge in [0.15, 0.2) is 10.9 Å². The molecule has 0 unspecified atom stereocenters. The molecule has 1 aromatic carbocycles. The van der Waals surface area contributed by atoms with Gasteiger partial charge in [-0.1, -0.05) is 12.1 Å². The summed E-state index contributed by atoms with van der Waals surface area (Å²) in [5.41, 5.74) is 1.53. The first-order valence-corrected chi connectivity index (χ1v) is 11.3. The lowest BCUT2D eigenvalue weighted by molar-refractivity contribution is -0.137. The zero-order chi connectivity index (χ0) is 23.9. The lowest BCUT2D eigenvalue weighted by Gasteiger charge is -2.27. The van der Waals surface area contributed by atoms with Crippen LogP contribution in [-0.4, -0.2) is 35.6 Å². The molecule has 0 bridgehead atoms. The summed E-state index contributed by atoms with van der Waals surface area (Å²) in [7, 11) is 1.91. The van der Waals surface area contributed by atoms with E-state index >= 15 is 0 Å². The van der Waals surface area contributed by atoms with Crippen molar-refractivity contribution in [1.29, 1.82) is 0 Å². The van der Waals surface area contributed by atoms with Crippen molar-refractivity contribution < 1.29 is 18.0 Å². The van der Waals surface area contributed by atoms with Gasteiger partial charge in [-0.25, -0.2) is 14.8 Å². The van der Waals surface area contributed by atoms with Crippen LogP contribution in [0, 0.1) is 13.8 Å². The monoisotopic (exact) mass is 475 g/mol. The third-order valence-electron chi connectivity index (χ3n) is 5.76. The Balaban J connectivity index is 1.76. The van der Waals surface area contributed by atoms with E-state index in [1.807, 2.05) is 32.7 Å². The number of hydrogen-bond donors (Lipinski definition) is 1. The van der Waals surface area contributed by atoms with Crippen LogP contribution in [0.3, 0.4) is 0 Å². The summed E-state index contributed by atoms with van der Waals surface area (Å²) in [6.07, 6.45) is -3.75. The SMILES string of the molecule is Cc1nc(NC(=O)N2c3nc(-c4cccc(C(F)(F)F)c4)ccc3N(C)CC[C@@H]2C)sc1C. The lowest BCUT2D eigenvalue weighted by Crippen LogP contribution is -2.42. The third-order valence-corrected chi connectivity index (χ3v) is 6.75. The number of fused-ring (bicyclic) bond motifs is 1. The molecule has 0 saturated heterocycles. The number of benzene rings is 1. The summed E-state index contributed by atoms with van der Waals surface area (Å²) in [5.74, 6) is 0.403. The molecule has 4 rings (SSSR count). The maximum absolute atomic E-state index is 13.3. The maximum Gasteiger partial charge on any atom is 0.416 e. The normalized spacial score (nSPS) is 16.4. The van der Waals surface area contributed by atoms with Crippen molar-refractivity contribution >= 4 is 34.0 Å². The number of urea groups is 1. The van der Waals surface area contributed by atoms with Gasteiger partial charge in [-0.15, -0.1) is 11.3 Å². The van der Waals surface area contributed by atoms with Gasteiger partial charge in [-0.3, -0.25) is 10.2 Å². The second kappa shape index (κ2) is 8.66. The standard InChI is InChI=1S/C23H24F3N5OS/c1-13-10-11-30(4)19-9-8-18(16-6-5-7-17(12-16)23(24,25)26)28-20(19)31(13)22(32)29-21-27-14(2)15(3)33-21/h5-9,12-13H,10-11H2,1-4H3,(H,27,29,32)/t13-/m0/s1. The number of thiazole rings is 1. The average molecular weight is 476 g/mol. The van der Waals surface area contributed by atoms with Crippen molar-refractivity contribution in [2.24, 2.45) is 0 Å². The Morgan fingerprint density at radius 3 is 2.61 bits per heavy atom. The number of anilines is 3. The van der Waals surface area contributed by atoms with Crippen molar-refractivity contribution in [3.8, 4) is 11.3 Å². The molecule has 1 aliphatic rings. The number of aromatic nitrogens is 2. The molecular formula is C23H24F3N5OS. The summed E-state index contributed by atoms with van der Waals surface area (Å²) >= 11 is 1.39. The molecule has 0 spiro atoms. The number of nitrogens with one attached hydrogen (secondary N) is 1. The van der Waals surface area contributed by atoms with Crippen molar-refractivity contribution in [3.63, 3.8) is 0 Å². The number of nitrogens with zero attached hydrogens (tertiary/aromatic N) is 4. The molecular weight excluding hydrogens is 451 g/mol. The number of carbonyl (C=O) groups is 1. The average Bonchev–Trinajstić information content (AvgIpc) is 3.01. The van der Waals surface area contributed by atoms with E-state index in [9.17, 15) is 18.0 Å². The summed E-state index contributed by atoms with van der Waals surface area (Å²) in [6.45, 7) is 6.45. The number of hydrogen-bond acceptors (Lipinski definition) is 5. The fourth-order valence-corrected chi connectivity index (χ4v) is 4.55. The van der Waals surface area contributed by atoms with Gasteiger partial charge in [0.1, 0.15) is 0 Å². The van der Waals surface area contributed by atoms with Crippen LogP contribution in [-0.2, 0) is 6.18 Å². The smallest absolute Gasteiger partial charge is 0.372 e. The molecule has 0 fully saturated rings. The van der Waals surface area contributed by atoms with Crippen LogP contribution in [0.2, 0.25) is 0 Å². The fourth-order valence-electron chi connectivity index (χ4n) is 3.74. The highest BCUT2D eigenvalue weighted by Crippen LogP contribution is 2.37. The van der Waals surface area contributed by atoms with Crippen LogP contribution >= 0.6 is 11.3 Å². The van der Waals surface area contributed by atoms with Gasteiger partial charge in [0.2, 0.25) is 0 Å². The maximum atomic E-state index is 13.3. The van der Waals surface area contributed by atoms with E-state index in [4.69, 9.17) is 0 Å². The quantitative estimate of drug-likeness (QED) is 0.486. The van der Waals surface area contributed by atoms with Gasteiger partial charge in [-0.2, -0.15) is 13.2 Å². The van der Waals surface area contributed by atoms with Crippen LogP contribution in [0.5, 0.6) is 0 Å². The van der Waals surface area contributed by atoms with Crippen LogP contribution in [0.1, 0.15) is 29.5 Å². The van der Waals surface area contributed by atoms with E-state index in [-0.39, 0.29) is 12.1 Å². The van der Waals surface area contributed by atoms with Crippen LogP contribution in [0.15, 0.2) is 36.4 Å². The van der Waals surface area contributed by atoms with Crippen LogP contribution in [0.4, 0.5) is 34.6 Å². The minimum Gasteiger partial charge on any atom is -0.372 e. The summed E-state index contributed by atoms with van der Waals surface area (Å²) in [4.78, 5) is 27.0. The Morgan fingerprint density at radius 1 is 1.18 bits per heavy atom. The lowest BCUT2D eigenvalue weighted by atomic mass is 10.1. The van der Waals surface area contributed by atoms with E-state index in [2.05, 4.69) is 15.3 Å². The summed E-state index contributed by atoms with van der Waals surface area (Å²) in [6, 6.07) is 7.97. The van der Waals surface area contributed by atoms with Crippen LogP contribution in [0.25, 0.3) is 11.3 Å². The van der Waals surface area contributed by atoms with E-state index in [0.717, 1.165) is 28.4 Å². The highest BCUT2D eigenvalue weighted by Gasteiger charge is 2.32. The molecule has 0 aliphatic carbocycles. The van der Waals surface area contributed by atoms with Gasteiger partial charge in [-0.05, 0) is 51.5 Å². The molecule has 1 atom stereocenters. The molecule has 2 amide bonds. The predicted octanol–water partition coefficient (Wildman–Crippen LogP) is 6.11. The van der Waals surface area contributed by atoms with Crippen molar-refractivity contribution in [3.05, 3.63) is 52.5 Å². The summed E-state index contributed by atoms with van der Waals surface area (Å²) in [5, 5.41) is 3.36. The molecule has 0 saturated carbocycles. The zero-order valence-electron chi connectivity index (χ0n) is 18.7. The largest absolute Gasteiger partial charge is 0.416 e. The highest BCUT2D eigenvalue weighted by molar-refractivity contribution is 7.15. The van der Waals surface area contributed by atoms with E-state index < -0.39 is 11.7 Å². The number of pyridine rings is 1. The number of rotatable bonds is 2. The number of amides is 2. The van der Waals surface area contributed by atoms with Gasteiger partial charge < -0.3 is 4.90 Å². The summed E-state index contributed by atoms with van der Waals surface area (Å²) < 4.78 is 39.7. The first kappa shape index (κ1) is 23.0. The molecule has 3 heterocycles. The number of aryl methyl sites for hydroxylation is 2. The van der Waals surface area contributed by atoms with Crippen LogP contribution < -0.4 is 15.1 Å². The highest BCUT2D eigenvalue weighted by atomic mass is 32.1. The van der Waals surface area contributed by atoms with E-state index in [1.165, 1.54) is 17.4 Å². The number of halogens is 3. The van der Waals surface area contributed by atoms with Crippen molar-refractivity contribution in [1.82, 2.24) is 9.97 Å². The van der Waals surface area contributed by atoms with E-state index in [1.54, 1.807) is 23.1 Å². The number of alkyl halides is 3. The minimum absolute atomic E-state index is 0.180. The molecule has 1 N–H and O–H groups in total.